The molecule has 0 aromatic carbocycles. The van der Waals surface area contributed by atoms with E-state index in [2.05, 4.69) is 4.98 Å². The summed E-state index contributed by atoms with van der Waals surface area (Å²) < 4.78 is 25.0. The Morgan fingerprint density at radius 3 is 2.65 bits per heavy atom. The number of hydrogen-bond donors (Lipinski definition) is 1. The van der Waals surface area contributed by atoms with Crippen LogP contribution in [0.3, 0.4) is 0 Å². The first-order valence-corrected chi connectivity index (χ1v) is 8.16. The van der Waals surface area contributed by atoms with E-state index in [0.29, 0.717) is 13.1 Å². The molecule has 1 saturated heterocycles. The molecule has 2 rings (SSSR count). The van der Waals surface area contributed by atoms with Gasteiger partial charge in [-0.25, -0.2) is 17.7 Å². The third kappa shape index (κ3) is 3.28. The van der Waals surface area contributed by atoms with E-state index in [9.17, 15) is 13.5 Å². The van der Waals surface area contributed by atoms with Crippen LogP contribution in [-0.2, 0) is 10.0 Å². The molecular weight excluding hydrogens is 278 g/mol. The standard InChI is InChI=1S/C13H21N3O3S/c1-10-4-5-13(14-6-10)16-7-11(12(17)8-16)9-20(18,19)15(2)3/h4-6,11-12,17H,7-9H2,1-3H3/t11-,12+/m0/s1. The molecule has 1 fully saturated rings. The van der Waals surface area contributed by atoms with E-state index in [1.54, 1.807) is 6.20 Å². The Morgan fingerprint density at radius 2 is 2.10 bits per heavy atom. The largest absolute Gasteiger partial charge is 0.391 e. The van der Waals surface area contributed by atoms with Gasteiger partial charge in [-0.2, -0.15) is 0 Å². The SMILES string of the molecule is Cc1ccc(N2C[C@@H](CS(=O)(=O)N(C)C)[C@H](O)C2)nc1. The number of β-amino-alcohol motifs (C(OH)–C–C–N with tert-alkyl or cyclic N) is 1. The highest BCUT2D eigenvalue weighted by molar-refractivity contribution is 7.89. The Labute approximate surface area is 120 Å². The summed E-state index contributed by atoms with van der Waals surface area (Å²) in [5.41, 5.74) is 1.07. The van der Waals surface area contributed by atoms with Crippen molar-refractivity contribution < 1.29 is 13.5 Å². The van der Waals surface area contributed by atoms with Crippen LogP contribution in [0.1, 0.15) is 5.56 Å². The summed E-state index contributed by atoms with van der Waals surface area (Å²) in [7, 11) is -0.281. The van der Waals surface area contributed by atoms with Crippen LogP contribution in [0.15, 0.2) is 18.3 Å². The molecule has 0 bridgehead atoms. The van der Waals surface area contributed by atoms with Crippen LogP contribution in [0.2, 0.25) is 0 Å². The minimum Gasteiger partial charge on any atom is -0.391 e. The summed E-state index contributed by atoms with van der Waals surface area (Å²) in [6.07, 6.45) is 1.12. The van der Waals surface area contributed by atoms with Gasteiger partial charge < -0.3 is 10.0 Å². The topological polar surface area (TPSA) is 73.7 Å². The Balaban J connectivity index is 2.07. The molecule has 0 radical (unpaired) electrons. The van der Waals surface area contributed by atoms with Crippen molar-refractivity contribution in [3.05, 3.63) is 23.9 Å². The van der Waals surface area contributed by atoms with E-state index in [0.717, 1.165) is 11.4 Å². The van der Waals surface area contributed by atoms with Crippen LogP contribution in [0.4, 0.5) is 5.82 Å². The fraction of sp³-hybridized carbons (Fsp3) is 0.615. The third-order valence-electron chi connectivity index (χ3n) is 3.61. The van der Waals surface area contributed by atoms with Gasteiger partial charge in [0.2, 0.25) is 10.0 Å². The average molecular weight is 299 g/mol. The highest BCUT2D eigenvalue weighted by atomic mass is 32.2. The summed E-state index contributed by atoms with van der Waals surface area (Å²) in [6.45, 7) is 2.88. The fourth-order valence-corrected chi connectivity index (χ4v) is 3.44. The Hall–Kier alpha value is -1.18. The third-order valence-corrected chi connectivity index (χ3v) is 5.57. The maximum absolute atomic E-state index is 11.9. The van der Waals surface area contributed by atoms with Gasteiger partial charge in [-0.3, -0.25) is 0 Å². The maximum atomic E-state index is 11.9. The Bertz CT molecular complexity index is 557. The molecule has 112 valence electrons. The van der Waals surface area contributed by atoms with E-state index < -0.39 is 16.1 Å². The first-order valence-electron chi connectivity index (χ1n) is 6.55. The number of pyridine rings is 1. The zero-order valence-electron chi connectivity index (χ0n) is 12.0. The van der Waals surface area contributed by atoms with E-state index in [1.807, 2.05) is 24.0 Å². The van der Waals surface area contributed by atoms with Crippen molar-refractivity contribution in [2.45, 2.75) is 13.0 Å². The summed E-state index contributed by atoms with van der Waals surface area (Å²) >= 11 is 0. The van der Waals surface area contributed by atoms with Crippen molar-refractivity contribution in [1.82, 2.24) is 9.29 Å². The molecule has 1 N–H and O–H groups in total. The molecule has 0 unspecified atom stereocenters. The van der Waals surface area contributed by atoms with Crippen molar-refractivity contribution in [1.29, 1.82) is 0 Å². The normalized spacial score (nSPS) is 23.6. The first kappa shape index (κ1) is 15.2. The molecule has 20 heavy (non-hydrogen) atoms. The smallest absolute Gasteiger partial charge is 0.214 e. The van der Waals surface area contributed by atoms with E-state index in [-0.39, 0.29) is 11.7 Å². The summed E-state index contributed by atoms with van der Waals surface area (Å²) in [4.78, 5) is 6.25. The number of hydrogen-bond acceptors (Lipinski definition) is 5. The predicted octanol–water partition coefficient (Wildman–Crippen LogP) is 0.0785. The van der Waals surface area contributed by atoms with Gasteiger partial charge in [0.1, 0.15) is 5.82 Å². The number of aromatic nitrogens is 1. The van der Waals surface area contributed by atoms with Crippen molar-refractivity contribution >= 4 is 15.8 Å². The van der Waals surface area contributed by atoms with Crippen LogP contribution in [0.25, 0.3) is 0 Å². The van der Waals surface area contributed by atoms with Crippen molar-refractivity contribution in [2.24, 2.45) is 5.92 Å². The minimum absolute atomic E-state index is 0.0382. The molecule has 1 aromatic heterocycles. The molecule has 1 aromatic rings. The number of anilines is 1. The lowest BCUT2D eigenvalue weighted by Gasteiger charge is -2.18. The van der Waals surface area contributed by atoms with Gasteiger partial charge in [0.15, 0.2) is 0 Å². The van der Waals surface area contributed by atoms with Gasteiger partial charge in [-0.05, 0) is 18.6 Å². The molecule has 0 spiro atoms. The molecule has 7 heteroatoms. The van der Waals surface area contributed by atoms with Crippen LogP contribution in [0.5, 0.6) is 0 Å². The number of aliphatic hydroxyl groups is 1. The van der Waals surface area contributed by atoms with Crippen molar-refractivity contribution in [2.75, 3.05) is 37.8 Å². The van der Waals surface area contributed by atoms with E-state index >= 15 is 0 Å². The molecule has 2 atom stereocenters. The lowest BCUT2D eigenvalue weighted by Crippen LogP contribution is -2.33. The molecule has 0 amide bonds. The van der Waals surface area contributed by atoms with Crippen LogP contribution >= 0.6 is 0 Å². The fourth-order valence-electron chi connectivity index (χ4n) is 2.27. The number of aliphatic hydroxyl groups excluding tert-OH is 1. The van der Waals surface area contributed by atoms with Crippen LogP contribution < -0.4 is 4.90 Å². The highest BCUT2D eigenvalue weighted by Crippen LogP contribution is 2.24. The van der Waals surface area contributed by atoms with Gasteiger partial charge in [-0.15, -0.1) is 0 Å². The highest BCUT2D eigenvalue weighted by Gasteiger charge is 2.35. The second-order valence-electron chi connectivity index (χ2n) is 5.49. The lowest BCUT2D eigenvalue weighted by atomic mass is 10.1. The quantitative estimate of drug-likeness (QED) is 0.852. The Morgan fingerprint density at radius 1 is 1.40 bits per heavy atom. The van der Waals surface area contributed by atoms with Gasteiger partial charge in [0.05, 0.1) is 11.9 Å². The Kier molecular flexibility index (Phi) is 4.31. The number of aryl methyl sites for hydroxylation is 1. The first-order chi connectivity index (χ1) is 9.29. The van der Waals surface area contributed by atoms with E-state index in [1.165, 1.54) is 18.4 Å². The zero-order valence-corrected chi connectivity index (χ0v) is 12.8. The zero-order chi connectivity index (χ0) is 14.9. The van der Waals surface area contributed by atoms with Gasteiger partial charge in [0.25, 0.3) is 0 Å². The molecule has 1 aliphatic rings. The van der Waals surface area contributed by atoms with Gasteiger partial charge in [0, 0.05) is 39.3 Å². The van der Waals surface area contributed by atoms with Crippen molar-refractivity contribution in [3.63, 3.8) is 0 Å². The molecule has 6 nitrogen and oxygen atoms in total. The molecule has 2 heterocycles. The molecule has 1 aliphatic heterocycles. The number of nitrogens with zero attached hydrogens (tertiary/aromatic N) is 3. The summed E-state index contributed by atoms with van der Waals surface area (Å²) in [5.74, 6) is 0.452. The molecule has 0 aliphatic carbocycles. The lowest BCUT2D eigenvalue weighted by molar-refractivity contribution is 0.157. The number of rotatable bonds is 4. The van der Waals surface area contributed by atoms with Crippen molar-refractivity contribution in [3.8, 4) is 0 Å². The summed E-state index contributed by atoms with van der Waals surface area (Å²) in [5, 5.41) is 10.1. The monoisotopic (exact) mass is 299 g/mol. The predicted molar refractivity (Wildman–Crippen MR) is 78.2 cm³/mol. The molecule has 0 saturated carbocycles. The maximum Gasteiger partial charge on any atom is 0.214 e. The minimum atomic E-state index is -3.30. The van der Waals surface area contributed by atoms with E-state index in [4.69, 9.17) is 0 Å². The van der Waals surface area contributed by atoms with Crippen LogP contribution in [0, 0.1) is 12.8 Å². The second kappa shape index (κ2) is 5.67. The average Bonchev–Trinajstić information content (AvgIpc) is 2.71. The van der Waals surface area contributed by atoms with Gasteiger partial charge in [-0.1, -0.05) is 6.07 Å². The molecular formula is C13H21N3O3S. The number of sulfonamides is 1. The second-order valence-corrected chi connectivity index (χ2v) is 7.71. The summed E-state index contributed by atoms with van der Waals surface area (Å²) in [6, 6.07) is 3.85. The van der Waals surface area contributed by atoms with Gasteiger partial charge >= 0.3 is 0 Å². The van der Waals surface area contributed by atoms with Crippen LogP contribution in [-0.4, -0.2) is 61.9 Å².